The quantitative estimate of drug-likeness (QED) is 0.649. The summed E-state index contributed by atoms with van der Waals surface area (Å²) in [5.74, 6) is -1.17. The topological polar surface area (TPSA) is 81.4 Å². The number of rotatable bonds is 4. The van der Waals surface area contributed by atoms with Crippen LogP contribution in [0.1, 0.15) is 15.9 Å². The number of nitrogens with one attached hydrogen (secondary N) is 1. The van der Waals surface area contributed by atoms with Crippen molar-refractivity contribution in [1.29, 1.82) is 0 Å². The number of esters is 1. The van der Waals surface area contributed by atoms with Gasteiger partial charge in [0.2, 0.25) is 0 Å². The summed E-state index contributed by atoms with van der Waals surface area (Å²) in [4.78, 5) is 23.8. The number of ether oxygens (including phenoxy) is 1. The van der Waals surface area contributed by atoms with Crippen molar-refractivity contribution < 1.29 is 14.3 Å². The van der Waals surface area contributed by atoms with Gasteiger partial charge in [-0.2, -0.15) is 0 Å². The van der Waals surface area contributed by atoms with Gasteiger partial charge < -0.3 is 15.8 Å². The zero-order chi connectivity index (χ0) is 17.0. The number of anilines is 2. The summed E-state index contributed by atoms with van der Waals surface area (Å²) in [7, 11) is 0. The second kappa shape index (κ2) is 7.35. The molecule has 0 aromatic heterocycles. The van der Waals surface area contributed by atoms with Gasteiger partial charge in [0.15, 0.2) is 6.61 Å². The minimum Gasteiger partial charge on any atom is -0.452 e. The van der Waals surface area contributed by atoms with Crippen molar-refractivity contribution >= 4 is 46.5 Å². The highest BCUT2D eigenvalue weighted by Crippen LogP contribution is 2.21. The second-order valence-electron chi connectivity index (χ2n) is 4.82. The van der Waals surface area contributed by atoms with E-state index in [1.165, 1.54) is 18.2 Å². The third-order valence-electron chi connectivity index (χ3n) is 3.04. The average molecular weight is 353 g/mol. The van der Waals surface area contributed by atoms with Crippen LogP contribution in [0.3, 0.4) is 0 Å². The van der Waals surface area contributed by atoms with E-state index < -0.39 is 18.5 Å². The summed E-state index contributed by atoms with van der Waals surface area (Å²) in [6.07, 6.45) is 0. The first-order chi connectivity index (χ1) is 10.9. The van der Waals surface area contributed by atoms with Gasteiger partial charge in [0, 0.05) is 21.4 Å². The minimum absolute atomic E-state index is 0.154. The highest BCUT2D eigenvalue weighted by atomic mass is 35.5. The van der Waals surface area contributed by atoms with Crippen molar-refractivity contribution in [3.63, 3.8) is 0 Å². The molecule has 3 N–H and O–H groups in total. The van der Waals surface area contributed by atoms with Gasteiger partial charge in [0.25, 0.3) is 5.91 Å². The van der Waals surface area contributed by atoms with Crippen LogP contribution >= 0.6 is 23.2 Å². The Morgan fingerprint density at radius 2 is 1.78 bits per heavy atom. The first kappa shape index (κ1) is 17.1. The lowest BCUT2D eigenvalue weighted by Crippen LogP contribution is -2.21. The van der Waals surface area contributed by atoms with Crippen LogP contribution in [0.25, 0.3) is 0 Å². The van der Waals surface area contributed by atoms with Crippen LogP contribution < -0.4 is 11.1 Å². The Bertz CT molecular complexity index is 763. The number of hydrogen-bond acceptors (Lipinski definition) is 4. The number of nitrogens with two attached hydrogens (primary N) is 1. The number of aryl methyl sites for hydroxylation is 1. The van der Waals surface area contributed by atoms with Gasteiger partial charge in [0.1, 0.15) is 0 Å². The molecule has 5 nitrogen and oxygen atoms in total. The smallest absolute Gasteiger partial charge is 0.340 e. The molecule has 0 spiro atoms. The lowest BCUT2D eigenvalue weighted by atomic mass is 10.2. The highest BCUT2D eigenvalue weighted by molar-refractivity contribution is 6.31. The van der Waals surface area contributed by atoms with E-state index in [1.54, 1.807) is 18.2 Å². The van der Waals surface area contributed by atoms with Crippen LogP contribution in [-0.2, 0) is 9.53 Å². The third kappa shape index (κ3) is 4.61. The Balaban J connectivity index is 1.96. The molecule has 7 heteroatoms. The maximum Gasteiger partial charge on any atom is 0.340 e. The van der Waals surface area contributed by atoms with E-state index in [4.69, 9.17) is 33.7 Å². The van der Waals surface area contributed by atoms with Crippen molar-refractivity contribution in [2.24, 2.45) is 0 Å². The van der Waals surface area contributed by atoms with E-state index >= 15 is 0 Å². The molecule has 0 saturated carbocycles. The molecule has 0 heterocycles. The second-order valence-corrected chi connectivity index (χ2v) is 5.69. The standard InChI is InChI=1S/C16H14Cl2N2O3/c1-9-2-3-11(18)7-14(9)20-15(21)8-23-16(22)12-5-4-10(17)6-13(12)19/h2-7H,8,19H2,1H3,(H,20,21). The summed E-state index contributed by atoms with van der Waals surface area (Å²) in [5.41, 5.74) is 7.43. The van der Waals surface area contributed by atoms with Crippen molar-refractivity contribution in [3.05, 3.63) is 57.6 Å². The number of carbonyl (C=O) groups excluding carboxylic acids is 2. The largest absolute Gasteiger partial charge is 0.452 e. The molecule has 0 saturated heterocycles. The van der Waals surface area contributed by atoms with Gasteiger partial charge in [-0.1, -0.05) is 29.3 Å². The summed E-state index contributed by atoms with van der Waals surface area (Å²) < 4.78 is 4.95. The number of carbonyl (C=O) groups is 2. The summed E-state index contributed by atoms with van der Waals surface area (Å²) >= 11 is 11.6. The maximum absolute atomic E-state index is 11.9. The zero-order valence-electron chi connectivity index (χ0n) is 12.2. The number of hydrogen-bond donors (Lipinski definition) is 2. The van der Waals surface area contributed by atoms with Gasteiger partial charge in [-0.3, -0.25) is 4.79 Å². The van der Waals surface area contributed by atoms with Crippen LogP contribution in [0.2, 0.25) is 10.0 Å². The highest BCUT2D eigenvalue weighted by Gasteiger charge is 2.14. The van der Waals surface area contributed by atoms with Gasteiger partial charge in [-0.25, -0.2) is 4.79 Å². The first-order valence-electron chi connectivity index (χ1n) is 6.65. The van der Waals surface area contributed by atoms with E-state index in [0.29, 0.717) is 15.7 Å². The lowest BCUT2D eigenvalue weighted by molar-refractivity contribution is -0.119. The molecule has 2 aromatic rings. The van der Waals surface area contributed by atoms with Gasteiger partial charge >= 0.3 is 5.97 Å². The van der Waals surface area contributed by atoms with Crippen LogP contribution in [0.15, 0.2) is 36.4 Å². The van der Waals surface area contributed by atoms with Crippen LogP contribution in [0.4, 0.5) is 11.4 Å². The predicted molar refractivity (Wildman–Crippen MR) is 91.0 cm³/mol. The molecule has 0 aliphatic rings. The molecule has 0 atom stereocenters. The Labute approximate surface area is 143 Å². The molecule has 0 aliphatic heterocycles. The van der Waals surface area contributed by atoms with Crippen molar-refractivity contribution in [1.82, 2.24) is 0 Å². The molecular weight excluding hydrogens is 339 g/mol. The van der Waals surface area contributed by atoms with E-state index in [1.807, 2.05) is 6.92 Å². The maximum atomic E-state index is 11.9. The molecular formula is C16H14Cl2N2O3. The van der Waals surface area contributed by atoms with E-state index in [0.717, 1.165) is 5.56 Å². The molecule has 0 radical (unpaired) electrons. The average Bonchev–Trinajstić information content (AvgIpc) is 2.48. The lowest BCUT2D eigenvalue weighted by Gasteiger charge is -2.10. The zero-order valence-corrected chi connectivity index (χ0v) is 13.7. The van der Waals surface area contributed by atoms with Crippen LogP contribution in [-0.4, -0.2) is 18.5 Å². The number of amides is 1. The predicted octanol–water partition coefficient (Wildman–Crippen LogP) is 3.68. The van der Waals surface area contributed by atoms with E-state index in [2.05, 4.69) is 5.32 Å². The van der Waals surface area contributed by atoms with Crippen molar-refractivity contribution in [3.8, 4) is 0 Å². The van der Waals surface area contributed by atoms with Crippen molar-refractivity contribution in [2.45, 2.75) is 6.92 Å². The van der Waals surface area contributed by atoms with Crippen LogP contribution in [0.5, 0.6) is 0 Å². The molecule has 23 heavy (non-hydrogen) atoms. The molecule has 2 aromatic carbocycles. The van der Waals surface area contributed by atoms with Crippen molar-refractivity contribution in [2.75, 3.05) is 17.7 Å². The van der Waals surface area contributed by atoms with E-state index in [9.17, 15) is 9.59 Å². The fraction of sp³-hybridized carbons (Fsp3) is 0.125. The number of halogens is 2. The Hall–Kier alpha value is -2.24. The molecule has 1 amide bonds. The Morgan fingerprint density at radius 1 is 1.13 bits per heavy atom. The fourth-order valence-corrected chi connectivity index (χ4v) is 2.20. The van der Waals surface area contributed by atoms with Gasteiger partial charge in [0.05, 0.1) is 5.56 Å². The fourth-order valence-electron chi connectivity index (χ4n) is 1.84. The van der Waals surface area contributed by atoms with Gasteiger partial charge in [-0.15, -0.1) is 0 Å². The molecule has 120 valence electrons. The number of benzene rings is 2. The molecule has 0 bridgehead atoms. The minimum atomic E-state index is -0.697. The van der Waals surface area contributed by atoms with E-state index in [-0.39, 0.29) is 11.3 Å². The number of nitrogen functional groups attached to an aromatic ring is 1. The first-order valence-corrected chi connectivity index (χ1v) is 7.40. The monoisotopic (exact) mass is 352 g/mol. The normalized spacial score (nSPS) is 10.2. The summed E-state index contributed by atoms with van der Waals surface area (Å²) in [5, 5.41) is 3.54. The summed E-state index contributed by atoms with van der Waals surface area (Å²) in [6.45, 7) is 1.39. The third-order valence-corrected chi connectivity index (χ3v) is 3.51. The van der Waals surface area contributed by atoms with Gasteiger partial charge in [-0.05, 0) is 42.8 Å². The Kier molecular flexibility index (Phi) is 5.47. The molecule has 0 aliphatic carbocycles. The summed E-state index contributed by atoms with van der Waals surface area (Å²) in [6, 6.07) is 9.51. The molecule has 2 rings (SSSR count). The molecule has 0 unspecified atom stereocenters. The SMILES string of the molecule is Cc1ccc(Cl)cc1NC(=O)COC(=O)c1ccc(Cl)cc1N. The van der Waals surface area contributed by atoms with Crippen LogP contribution in [0, 0.1) is 6.92 Å². The molecule has 0 fully saturated rings. The Morgan fingerprint density at radius 3 is 2.48 bits per heavy atom.